The molecule has 0 atom stereocenters. The van der Waals surface area contributed by atoms with Gasteiger partial charge in [-0.2, -0.15) is 0 Å². The van der Waals surface area contributed by atoms with Gasteiger partial charge in [0.15, 0.2) is 0 Å². The van der Waals surface area contributed by atoms with E-state index in [2.05, 4.69) is 117 Å². The van der Waals surface area contributed by atoms with Gasteiger partial charge in [-0.05, 0) is 126 Å². The van der Waals surface area contributed by atoms with Crippen molar-refractivity contribution in [3.8, 4) is 55.6 Å². The van der Waals surface area contributed by atoms with Crippen molar-refractivity contribution in [2.45, 2.75) is 19.3 Å². The van der Waals surface area contributed by atoms with Crippen LogP contribution in [0.5, 0.6) is 0 Å². The smallest absolute Gasteiger partial charge is 0.0651 e. The molecule has 9 aromatic rings. The van der Waals surface area contributed by atoms with E-state index in [4.69, 9.17) is 2.74 Å². The maximum atomic E-state index is 9.78. The van der Waals surface area contributed by atoms with E-state index in [9.17, 15) is 2.74 Å². The van der Waals surface area contributed by atoms with Crippen molar-refractivity contribution < 1.29 is 5.48 Å². The molecule has 1 nitrogen and oxygen atoms in total. The van der Waals surface area contributed by atoms with E-state index in [1.165, 1.54) is 27.8 Å². The van der Waals surface area contributed by atoms with Gasteiger partial charge in [0.2, 0.25) is 0 Å². The second-order valence-corrected chi connectivity index (χ2v) is 15.1. The van der Waals surface area contributed by atoms with Crippen LogP contribution in [0.3, 0.4) is 0 Å². The molecule has 1 heteroatoms. The maximum Gasteiger partial charge on any atom is 0.0651 e. The quantitative estimate of drug-likeness (QED) is 0.159. The molecule has 0 amide bonds. The molecule has 0 fully saturated rings. The third-order valence-electron chi connectivity index (χ3n) is 11.3. The SMILES string of the molecule is [2H]c1c([2H])c(-c2ccc3ccccc3c2)c([2H])c(N(c2ccc(-c3cccc(-c4ccccc4)c3)cc2)c2ccc(-c3cccc4c3C(C)(C)c3ccccc3-4)cc2)c1[2H]. The van der Waals surface area contributed by atoms with Gasteiger partial charge in [0.05, 0.1) is 5.48 Å². The molecule has 56 heavy (non-hydrogen) atoms. The van der Waals surface area contributed by atoms with Crippen LogP contribution in [0, 0.1) is 0 Å². The molecule has 9 aromatic carbocycles. The minimum Gasteiger partial charge on any atom is -0.310 e. The highest BCUT2D eigenvalue weighted by Crippen LogP contribution is 2.52. The van der Waals surface area contributed by atoms with Crippen LogP contribution in [-0.4, -0.2) is 0 Å². The number of anilines is 3. The summed E-state index contributed by atoms with van der Waals surface area (Å²) in [6.45, 7) is 4.60. The van der Waals surface area contributed by atoms with Gasteiger partial charge in [0.25, 0.3) is 0 Å². The van der Waals surface area contributed by atoms with Crippen LogP contribution in [0.2, 0.25) is 0 Å². The third kappa shape index (κ3) is 5.90. The Hall–Kier alpha value is -6.96. The largest absolute Gasteiger partial charge is 0.310 e. The van der Waals surface area contributed by atoms with Gasteiger partial charge in [0, 0.05) is 22.5 Å². The number of rotatable bonds is 7. The Bertz CT molecular complexity index is 3100. The lowest BCUT2D eigenvalue weighted by molar-refractivity contribution is 0.662. The first-order chi connectivity index (χ1) is 29.2. The lowest BCUT2D eigenvalue weighted by Crippen LogP contribution is -2.16. The van der Waals surface area contributed by atoms with Gasteiger partial charge >= 0.3 is 0 Å². The molecule has 1 aliphatic rings. The molecule has 0 spiro atoms. The van der Waals surface area contributed by atoms with Crippen LogP contribution in [0.4, 0.5) is 17.1 Å². The van der Waals surface area contributed by atoms with Crippen LogP contribution in [0.15, 0.2) is 212 Å². The molecule has 0 N–H and O–H groups in total. The predicted molar refractivity (Wildman–Crippen MR) is 238 cm³/mol. The summed E-state index contributed by atoms with van der Waals surface area (Å²) in [4.78, 5) is 1.91. The zero-order chi connectivity index (χ0) is 41.1. The highest BCUT2D eigenvalue weighted by atomic mass is 15.1. The summed E-state index contributed by atoms with van der Waals surface area (Å²) in [6.07, 6.45) is 0. The predicted octanol–water partition coefficient (Wildman–Crippen LogP) is 15.3. The zero-order valence-corrected chi connectivity index (χ0v) is 31.3. The summed E-state index contributed by atoms with van der Waals surface area (Å²) < 4.78 is 37.4. The van der Waals surface area contributed by atoms with Crippen molar-refractivity contribution >= 4 is 27.8 Å². The van der Waals surface area contributed by atoms with E-state index in [1.54, 1.807) is 0 Å². The fraction of sp³-hybridized carbons (Fsp3) is 0.0545. The van der Waals surface area contributed by atoms with Crippen LogP contribution >= 0.6 is 0 Å². The normalized spacial score (nSPS) is 13.6. The Morgan fingerprint density at radius 2 is 0.946 bits per heavy atom. The highest BCUT2D eigenvalue weighted by molar-refractivity contribution is 5.91. The molecule has 0 aromatic heterocycles. The van der Waals surface area contributed by atoms with Crippen molar-refractivity contribution in [3.63, 3.8) is 0 Å². The Morgan fingerprint density at radius 1 is 0.393 bits per heavy atom. The minimum atomic E-state index is -0.221. The number of nitrogens with zero attached hydrogens (tertiary/aromatic N) is 1. The second-order valence-electron chi connectivity index (χ2n) is 15.1. The van der Waals surface area contributed by atoms with Crippen LogP contribution in [-0.2, 0) is 5.41 Å². The summed E-state index contributed by atoms with van der Waals surface area (Å²) in [5, 5.41) is 2.03. The number of benzene rings is 9. The lowest BCUT2D eigenvalue weighted by Gasteiger charge is -2.27. The molecule has 0 saturated heterocycles. The maximum absolute atomic E-state index is 9.78. The van der Waals surface area contributed by atoms with Gasteiger partial charge in [-0.25, -0.2) is 0 Å². The topological polar surface area (TPSA) is 3.24 Å². The van der Waals surface area contributed by atoms with Crippen molar-refractivity contribution in [1.29, 1.82) is 0 Å². The molecular formula is C55H41N. The van der Waals surface area contributed by atoms with Gasteiger partial charge in [-0.3, -0.25) is 0 Å². The summed E-state index contributed by atoms with van der Waals surface area (Å²) >= 11 is 0. The van der Waals surface area contributed by atoms with Crippen molar-refractivity contribution in [2.75, 3.05) is 4.90 Å². The van der Waals surface area contributed by atoms with E-state index in [0.717, 1.165) is 50.0 Å². The van der Waals surface area contributed by atoms with Gasteiger partial charge in [-0.15, -0.1) is 0 Å². The number of fused-ring (bicyclic) bond motifs is 4. The fourth-order valence-electron chi connectivity index (χ4n) is 8.53. The van der Waals surface area contributed by atoms with E-state index in [1.807, 2.05) is 89.8 Å². The molecule has 0 aliphatic heterocycles. The van der Waals surface area contributed by atoms with Crippen molar-refractivity contribution in [1.82, 2.24) is 0 Å². The van der Waals surface area contributed by atoms with E-state index in [0.29, 0.717) is 11.1 Å². The third-order valence-corrected chi connectivity index (χ3v) is 11.3. The monoisotopic (exact) mass is 719 g/mol. The Morgan fingerprint density at radius 3 is 1.71 bits per heavy atom. The molecule has 0 saturated carbocycles. The van der Waals surface area contributed by atoms with E-state index < -0.39 is 0 Å². The van der Waals surface area contributed by atoms with Crippen LogP contribution in [0.25, 0.3) is 66.4 Å². The average molecular weight is 720 g/mol. The molecule has 266 valence electrons. The molecule has 1 aliphatic carbocycles. The summed E-state index contributed by atoms with van der Waals surface area (Å²) in [5.41, 5.74) is 14.3. The molecule has 10 rings (SSSR count). The Balaban J connectivity index is 1.12. The lowest BCUT2D eigenvalue weighted by atomic mass is 9.79. The second kappa shape index (κ2) is 13.7. The first-order valence-electron chi connectivity index (χ1n) is 21.2. The summed E-state index contributed by atoms with van der Waals surface area (Å²) in [6, 6.07) is 64.0. The van der Waals surface area contributed by atoms with Crippen LogP contribution < -0.4 is 4.90 Å². The Kier molecular flexibility index (Phi) is 7.20. The van der Waals surface area contributed by atoms with Gasteiger partial charge < -0.3 is 4.90 Å². The molecule has 0 radical (unpaired) electrons. The van der Waals surface area contributed by atoms with Crippen LogP contribution in [0.1, 0.15) is 30.5 Å². The molecular weight excluding hydrogens is 675 g/mol. The summed E-state index contributed by atoms with van der Waals surface area (Å²) in [5.74, 6) is 0. The van der Waals surface area contributed by atoms with Crippen molar-refractivity contribution in [3.05, 3.63) is 223 Å². The van der Waals surface area contributed by atoms with E-state index in [-0.39, 0.29) is 35.3 Å². The van der Waals surface area contributed by atoms with Gasteiger partial charge in [-0.1, -0.05) is 178 Å². The van der Waals surface area contributed by atoms with E-state index >= 15 is 0 Å². The molecule has 0 bridgehead atoms. The first kappa shape index (κ1) is 29.4. The first-order valence-corrected chi connectivity index (χ1v) is 19.2. The number of hydrogen-bond donors (Lipinski definition) is 0. The number of hydrogen-bond acceptors (Lipinski definition) is 1. The molecule has 0 heterocycles. The zero-order valence-electron chi connectivity index (χ0n) is 35.3. The standard InChI is InChI=1S/C55H41N/c1-55(2)53-24-9-8-21-51(53)52-23-12-22-50(54(52)55)41-29-33-48(34-30-41)56(49-20-11-19-45(37-49)46-26-25-39-15-6-7-16-42(39)36-46)47-31-27-40(28-32-47)44-18-10-17-43(35-44)38-13-4-3-5-14-38/h3-37H,1-2H3/i11D,19D,20D,37D. The van der Waals surface area contributed by atoms with Gasteiger partial charge in [0.1, 0.15) is 0 Å². The fourth-order valence-corrected chi connectivity index (χ4v) is 8.53. The highest BCUT2D eigenvalue weighted by Gasteiger charge is 2.37. The molecule has 0 unspecified atom stereocenters. The summed E-state index contributed by atoms with van der Waals surface area (Å²) in [7, 11) is 0. The Labute approximate surface area is 335 Å². The minimum absolute atomic E-state index is 0.0281. The average Bonchev–Trinajstić information content (AvgIpc) is 3.53. The van der Waals surface area contributed by atoms with Crippen molar-refractivity contribution in [2.24, 2.45) is 0 Å².